The van der Waals surface area contributed by atoms with Gasteiger partial charge in [-0.05, 0) is 6.92 Å². The van der Waals surface area contributed by atoms with E-state index >= 15 is 0 Å². The van der Waals surface area contributed by atoms with Crippen LogP contribution in [0.1, 0.15) is 6.92 Å². The van der Waals surface area contributed by atoms with Crippen molar-refractivity contribution in [3.05, 3.63) is 0 Å². The normalized spacial score (nSPS) is 7.09. The topological polar surface area (TPSA) is 111 Å². The van der Waals surface area contributed by atoms with E-state index in [0.29, 0.717) is 0 Å². The van der Waals surface area contributed by atoms with E-state index in [9.17, 15) is 0 Å². The zero-order valence-electron chi connectivity index (χ0n) is 6.93. The molecule has 0 saturated carbocycles. The van der Waals surface area contributed by atoms with Gasteiger partial charge in [-0.3, -0.25) is 0 Å². The Morgan fingerprint density at radius 1 is 1.09 bits per heavy atom. The van der Waals surface area contributed by atoms with Crippen molar-refractivity contribution in [1.29, 1.82) is 0 Å². The van der Waals surface area contributed by atoms with E-state index in [4.69, 9.17) is 20.4 Å². The fraction of sp³-hybridized carbons (Fsp3) is 1.00. The minimum Gasteiger partial charge on any atom is -0.870 e. The quantitative estimate of drug-likeness (QED) is 0.317. The molecule has 0 amide bonds. The molecule has 0 aliphatic rings. The second-order valence-corrected chi connectivity index (χ2v) is 1.34. The van der Waals surface area contributed by atoms with E-state index in [1.54, 1.807) is 6.92 Å². The molecule has 5 nitrogen and oxygen atoms in total. The molecule has 0 bridgehead atoms. The third kappa shape index (κ3) is 36.3. The number of rotatable bonds is 2. The van der Waals surface area contributed by atoms with Crippen LogP contribution in [0, 0.1) is 0 Å². The average Bonchev–Trinajstić information content (AvgIpc) is 1.88. The minimum atomic E-state index is -0.954. The predicted molar refractivity (Wildman–Crippen MR) is 34.9 cm³/mol. The van der Waals surface area contributed by atoms with Crippen molar-refractivity contribution in [3.63, 3.8) is 0 Å². The molecule has 0 fully saturated rings. The summed E-state index contributed by atoms with van der Waals surface area (Å²) in [6.45, 7) is 1.20. The van der Waals surface area contributed by atoms with Crippen molar-refractivity contribution in [1.82, 2.24) is 0 Å². The molecule has 0 radical (unpaired) electrons. The third-order valence-corrected chi connectivity index (χ3v) is 0.421. The largest absolute Gasteiger partial charge is 1.00 e. The van der Waals surface area contributed by atoms with Crippen molar-refractivity contribution in [3.8, 4) is 0 Å². The van der Waals surface area contributed by atoms with Crippen LogP contribution in [0.25, 0.3) is 0 Å². The number of hydrogen-bond donors (Lipinski definition) is 4. The van der Waals surface area contributed by atoms with Crippen LogP contribution in [0.3, 0.4) is 0 Å². The molecule has 6 heteroatoms. The van der Waals surface area contributed by atoms with Crippen molar-refractivity contribution < 1.29 is 55.5 Å². The van der Waals surface area contributed by atoms with Gasteiger partial charge in [0, 0.05) is 6.61 Å². The van der Waals surface area contributed by atoms with Crippen LogP contribution in [0.4, 0.5) is 0 Å². The van der Waals surface area contributed by atoms with E-state index < -0.39 is 6.10 Å². The molecule has 0 unspecified atom stereocenters. The average molecular weight is 178 g/mol. The van der Waals surface area contributed by atoms with E-state index in [-0.39, 0.29) is 54.9 Å². The standard InChI is InChI=1S/C3H8O3.C2H6O.Na.H2O/c4-1-3(6)2-5;1-2-3;;/h3-6H,1-2H2;3H,2H2,1H3;;1H2/q;;+1;/p-1. The first-order chi connectivity index (χ1) is 4.22. The van der Waals surface area contributed by atoms with Crippen molar-refractivity contribution in [2.24, 2.45) is 0 Å². The van der Waals surface area contributed by atoms with Gasteiger partial charge in [0.05, 0.1) is 13.2 Å². The fourth-order valence-corrected chi connectivity index (χ4v) is 0.0577. The predicted octanol–water partition coefficient (Wildman–Crippen LogP) is -4.84. The molecule has 0 aromatic rings. The second kappa shape index (κ2) is 22.4. The van der Waals surface area contributed by atoms with Crippen molar-refractivity contribution in [2.45, 2.75) is 13.0 Å². The van der Waals surface area contributed by atoms with E-state index in [0.717, 1.165) is 0 Å². The summed E-state index contributed by atoms with van der Waals surface area (Å²) in [6, 6.07) is 0. The molecule has 0 aromatic carbocycles. The molecular weight excluding hydrogens is 163 g/mol. The van der Waals surface area contributed by atoms with Crippen LogP contribution in [0.2, 0.25) is 0 Å². The number of hydrogen-bond acceptors (Lipinski definition) is 5. The Morgan fingerprint density at radius 3 is 1.27 bits per heavy atom. The summed E-state index contributed by atoms with van der Waals surface area (Å²) in [5, 5.41) is 31.6. The van der Waals surface area contributed by atoms with Crippen molar-refractivity contribution in [2.75, 3.05) is 19.8 Å². The Balaban J connectivity index is -0.0000000437. The summed E-state index contributed by atoms with van der Waals surface area (Å²) in [6.07, 6.45) is -0.954. The van der Waals surface area contributed by atoms with Gasteiger partial charge in [-0.1, -0.05) is 0 Å². The van der Waals surface area contributed by atoms with Gasteiger partial charge < -0.3 is 25.9 Å². The first-order valence-corrected chi connectivity index (χ1v) is 2.73. The van der Waals surface area contributed by atoms with E-state index in [2.05, 4.69) is 0 Å². The van der Waals surface area contributed by atoms with E-state index in [1.807, 2.05) is 0 Å². The summed E-state index contributed by atoms with van der Waals surface area (Å²) in [4.78, 5) is 0. The molecular formula is C5H15NaO5. The maximum absolute atomic E-state index is 8.17. The van der Waals surface area contributed by atoms with Crippen molar-refractivity contribution >= 4 is 0 Å². The molecule has 0 aliphatic carbocycles. The summed E-state index contributed by atoms with van der Waals surface area (Å²) in [5.41, 5.74) is 0. The Bertz CT molecular complexity index is 41.9. The van der Waals surface area contributed by atoms with Gasteiger partial charge in [0.15, 0.2) is 0 Å². The van der Waals surface area contributed by atoms with Gasteiger partial charge in [-0.15, -0.1) is 0 Å². The molecule has 0 saturated heterocycles. The Morgan fingerprint density at radius 2 is 1.27 bits per heavy atom. The zero-order valence-corrected chi connectivity index (χ0v) is 8.93. The SMILES string of the molecule is CCO.OCC(O)CO.[Na+].[OH-]. The number of aliphatic hydroxyl groups is 4. The molecule has 0 atom stereocenters. The summed E-state index contributed by atoms with van der Waals surface area (Å²) >= 11 is 0. The van der Waals surface area contributed by atoms with Gasteiger partial charge in [0.2, 0.25) is 0 Å². The van der Waals surface area contributed by atoms with Gasteiger partial charge >= 0.3 is 29.6 Å². The summed E-state index contributed by atoms with van der Waals surface area (Å²) in [7, 11) is 0. The molecule has 0 rings (SSSR count). The smallest absolute Gasteiger partial charge is 0.870 e. The fourth-order valence-electron chi connectivity index (χ4n) is 0.0577. The Labute approximate surface area is 88.3 Å². The van der Waals surface area contributed by atoms with Crippen LogP contribution >= 0.6 is 0 Å². The second-order valence-electron chi connectivity index (χ2n) is 1.34. The van der Waals surface area contributed by atoms with E-state index in [1.165, 1.54) is 0 Å². The van der Waals surface area contributed by atoms with Crippen LogP contribution in [0.5, 0.6) is 0 Å². The third-order valence-electron chi connectivity index (χ3n) is 0.421. The van der Waals surface area contributed by atoms with Crippen LogP contribution in [-0.2, 0) is 0 Å². The molecule has 66 valence electrons. The van der Waals surface area contributed by atoms with Gasteiger partial charge in [0.1, 0.15) is 6.10 Å². The minimum absolute atomic E-state index is 0. The zero-order chi connectivity index (χ0) is 7.70. The molecule has 5 N–H and O–H groups in total. The molecule has 11 heavy (non-hydrogen) atoms. The first-order valence-electron chi connectivity index (χ1n) is 2.73. The molecule has 0 spiro atoms. The van der Waals surface area contributed by atoms with Gasteiger partial charge in [0.25, 0.3) is 0 Å². The number of aliphatic hydroxyl groups excluding tert-OH is 4. The first kappa shape index (κ1) is 22.6. The van der Waals surface area contributed by atoms with Gasteiger partial charge in [-0.2, -0.15) is 0 Å². The summed E-state index contributed by atoms with van der Waals surface area (Å²) in [5.74, 6) is 0. The monoisotopic (exact) mass is 178 g/mol. The molecule has 0 aromatic heterocycles. The maximum atomic E-state index is 8.17. The van der Waals surface area contributed by atoms with Crippen LogP contribution < -0.4 is 29.6 Å². The summed E-state index contributed by atoms with van der Waals surface area (Å²) < 4.78 is 0. The Kier molecular flexibility index (Phi) is 46.1. The maximum Gasteiger partial charge on any atom is 1.00 e. The Hall–Kier alpha value is 0.800. The van der Waals surface area contributed by atoms with Crippen LogP contribution in [-0.4, -0.2) is 51.8 Å². The molecule has 0 aliphatic heterocycles. The molecule has 0 heterocycles. The van der Waals surface area contributed by atoms with Gasteiger partial charge in [-0.25, -0.2) is 0 Å². The van der Waals surface area contributed by atoms with Crippen LogP contribution in [0.15, 0.2) is 0 Å².